The molecule has 174 valence electrons. The Hall–Kier alpha value is -4.24. The van der Waals surface area contributed by atoms with Crippen molar-refractivity contribution >= 4 is 28.4 Å². The second-order valence-electron chi connectivity index (χ2n) is 6.92. The van der Waals surface area contributed by atoms with E-state index < -0.39 is 26.7 Å². The number of rotatable bonds is 9. The van der Waals surface area contributed by atoms with Crippen LogP contribution in [0.25, 0.3) is 11.1 Å². The summed E-state index contributed by atoms with van der Waals surface area (Å²) < 4.78 is 47.7. The van der Waals surface area contributed by atoms with Crippen LogP contribution in [0.15, 0.2) is 101 Å². The zero-order valence-electron chi connectivity index (χ0n) is 18.1. The number of sulfonamides is 1. The van der Waals surface area contributed by atoms with Crippen LogP contribution in [0.1, 0.15) is 17.3 Å². The predicted octanol–water partition coefficient (Wildman–Crippen LogP) is 5.46. The number of carbonyl (C=O) groups is 1. The van der Waals surface area contributed by atoms with Gasteiger partial charge in [0, 0.05) is 0 Å². The second-order valence-corrected chi connectivity index (χ2v) is 8.57. The first-order valence-corrected chi connectivity index (χ1v) is 11.5. The van der Waals surface area contributed by atoms with Gasteiger partial charge in [0.05, 0.1) is 11.3 Å². The van der Waals surface area contributed by atoms with Crippen molar-refractivity contribution in [2.45, 2.75) is 6.92 Å². The normalized spacial score (nSPS) is 12.2. The van der Waals surface area contributed by atoms with Gasteiger partial charge >= 0.3 is 5.97 Å². The van der Waals surface area contributed by atoms with E-state index in [2.05, 4.69) is 16.4 Å². The van der Waals surface area contributed by atoms with Gasteiger partial charge in [0.1, 0.15) is 16.5 Å². The molecular formula is C25H21FN2O5S. The van der Waals surface area contributed by atoms with Crippen molar-refractivity contribution in [3.05, 3.63) is 107 Å². The van der Waals surface area contributed by atoms with Gasteiger partial charge in [-0.05, 0) is 67.2 Å². The van der Waals surface area contributed by atoms with Gasteiger partial charge in [-0.1, -0.05) is 42.5 Å². The van der Waals surface area contributed by atoms with Gasteiger partial charge in [-0.15, -0.1) is 0 Å². The lowest BCUT2D eigenvalue weighted by atomic mass is 10.0. The van der Waals surface area contributed by atoms with E-state index in [0.717, 1.165) is 17.7 Å². The molecular weight excluding hydrogens is 459 g/mol. The Balaban J connectivity index is 2.08. The molecule has 0 aromatic heterocycles. The lowest BCUT2D eigenvalue weighted by Crippen LogP contribution is -2.19. The smallest absolute Gasteiger partial charge is 0.337 e. The van der Waals surface area contributed by atoms with Crippen LogP contribution in [0.4, 0.5) is 10.1 Å². The molecule has 7 nitrogen and oxygen atoms in total. The van der Waals surface area contributed by atoms with Crippen molar-refractivity contribution in [1.29, 1.82) is 0 Å². The number of aliphatic imine (C=N–C) groups is 1. The minimum Gasteiger partial charge on any atom is -0.478 e. The number of ether oxygens (including phenoxy) is 1. The summed E-state index contributed by atoms with van der Waals surface area (Å²) in [6, 6.07) is 18.3. The standard InChI is InChI=1S/C25H21FN2O5S/c1-3-7-23(24(27-2)33-20-13-11-19(26)12-14-20)34(31,32)28-22-16-18(10-15-21(22)25(29)30)17-8-5-4-6-9-17/h3-16,28H,2H2,1H3,(H,29,30)/b7-3-,24-23-. The van der Waals surface area contributed by atoms with Gasteiger partial charge in [-0.3, -0.25) is 4.72 Å². The fourth-order valence-corrected chi connectivity index (χ4v) is 4.25. The Labute approximate surface area is 196 Å². The third kappa shape index (κ3) is 5.76. The van der Waals surface area contributed by atoms with Crippen molar-refractivity contribution in [2.75, 3.05) is 4.72 Å². The SMILES string of the molecule is C=N/C(Oc1ccc(F)cc1)=C(\C=C/C)S(=O)(=O)Nc1cc(-c2ccccc2)ccc1C(=O)O. The third-order valence-corrected chi connectivity index (χ3v) is 5.97. The van der Waals surface area contributed by atoms with E-state index >= 15 is 0 Å². The third-order valence-electron chi connectivity index (χ3n) is 4.59. The Bertz CT molecular complexity index is 1370. The number of halogens is 1. The van der Waals surface area contributed by atoms with Crippen molar-refractivity contribution in [3.8, 4) is 16.9 Å². The molecule has 0 atom stereocenters. The molecule has 3 aromatic rings. The Morgan fingerprint density at radius 2 is 1.74 bits per heavy atom. The summed E-state index contributed by atoms with van der Waals surface area (Å²) in [5.41, 5.74) is 1.01. The summed E-state index contributed by atoms with van der Waals surface area (Å²) in [6.07, 6.45) is 2.68. The molecule has 0 fully saturated rings. The summed E-state index contributed by atoms with van der Waals surface area (Å²) in [5, 5.41) is 9.59. The molecule has 0 unspecified atom stereocenters. The second kappa shape index (κ2) is 10.6. The van der Waals surface area contributed by atoms with Crippen molar-refractivity contribution in [2.24, 2.45) is 4.99 Å². The van der Waals surface area contributed by atoms with Gasteiger partial charge in [-0.25, -0.2) is 22.6 Å². The Kier molecular flexibility index (Phi) is 7.60. The monoisotopic (exact) mass is 480 g/mol. The zero-order chi connectivity index (χ0) is 24.7. The van der Waals surface area contributed by atoms with Gasteiger partial charge in [-0.2, -0.15) is 0 Å². The van der Waals surface area contributed by atoms with Crippen molar-refractivity contribution in [1.82, 2.24) is 0 Å². The van der Waals surface area contributed by atoms with Crippen LogP contribution in [-0.4, -0.2) is 26.2 Å². The quantitative estimate of drug-likeness (QED) is 0.240. The fourth-order valence-electron chi connectivity index (χ4n) is 3.03. The first-order chi connectivity index (χ1) is 16.2. The van der Waals surface area contributed by atoms with Gasteiger partial charge in [0.2, 0.25) is 5.88 Å². The van der Waals surface area contributed by atoms with E-state index in [1.165, 1.54) is 36.4 Å². The van der Waals surface area contributed by atoms with Crippen LogP contribution in [0, 0.1) is 5.82 Å². The number of benzene rings is 3. The largest absolute Gasteiger partial charge is 0.478 e. The molecule has 0 aliphatic carbocycles. The van der Waals surface area contributed by atoms with E-state index in [4.69, 9.17) is 4.74 Å². The molecule has 34 heavy (non-hydrogen) atoms. The summed E-state index contributed by atoms with van der Waals surface area (Å²) in [5.74, 6) is -2.03. The maximum atomic E-state index is 13.3. The molecule has 9 heteroatoms. The van der Waals surface area contributed by atoms with E-state index in [9.17, 15) is 22.7 Å². The molecule has 2 N–H and O–H groups in total. The average molecular weight is 481 g/mol. The summed E-state index contributed by atoms with van der Waals surface area (Å²) >= 11 is 0. The molecule has 0 saturated carbocycles. The van der Waals surface area contributed by atoms with E-state index in [1.54, 1.807) is 13.0 Å². The van der Waals surface area contributed by atoms with Crippen molar-refractivity contribution < 1.29 is 27.4 Å². The Morgan fingerprint density at radius 3 is 2.32 bits per heavy atom. The molecule has 0 bridgehead atoms. The molecule has 3 rings (SSSR count). The number of allylic oxidation sites excluding steroid dienone is 2. The summed E-state index contributed by atoms with van der Waals surface area (Å²) in [4.78, 5) is 15.1. The van der Waals surface area contributed by atoms with E-state index in [1.807, 2.05) is 30.3 Å². The highest BCUT2D eigenvalue weighted by Crippen LogP contribution is 2.29. The van der Waals surface area contributed by atoms with Crippen LogP contribution in [-0.2, 0) is 10.0 Å². The number of hydrogen-bond acceptors (Lipinski definition) is 5. The van der Waals surface area contributed by atoms with Crippen LogP contribution < -0.4 is 9.46 Å². The zero-order valence-corrected chi connectivity index (χ0v) is 18.9. The van der Waals surface area contributed by atoms with Crippen molar-refractivity contribution in [3.63, 3.8) is 0 Å². The Morgan fingerprint density at radius 1 is 1.06 bits per heavy atom. The average Bonchev–Trinajstić information content (AvgIpc) is 2.82. The number of anilines is 1. The van der Waals surface area contributed by atoms with E-state index in [-0.39, 0.29) is 22.9 Å². The van der Waals surface area contributed by atoms with Crippen LogP contribution in [0.2, 0.25) is 0 Å². The highest BCUT2D eigenvalue weighted by atomic mass is 32.2. The predicted molar refractivity (Wildman–Crippen MR) is 130 cm³/mol. The number of nitrogens with zero attached hydrogens (tertiary/aromatic N) is 1. The molecule has 0 amide bonds. The molecule has 0 saturated heterocycles. The number of carboxylic acids is 1. The number of aromatic carboxylic acids is 1. The topological polar surface area (TPSA) is 105 Å². The highest BCUT2D eigenvalue weighted by Gasteiger charge is 2.24. The first-order valence-electron chi connectivity index (χ1n) is 9.98. The summed E-state index contributed by atoms with van der Waals surface area (Å²) in [6.45, 7) is 4.96. The van der Waals surface area contributed by atoms with Gasteiger partial charge in [0.25, 0.3) is 10.0 Å². The number of hydrogen-bond donors (Lipinski definition) is 2. The molecule has 0 radical (unpaired) electrons. The first kappa shape index (κ1) is 24.4. The fraction of sp³-hybridized carbons (Fsp3) is 0.0400. The highest BCUT2D eigenvalue weighted by molar-refractivity contribution is 7.96. The molecule has 0 heterocycles. The minimum absolute atomic E-state index is 0.137. The van der Waals surface area contributed by atoms with E-state index in [0.29, 0.717) is 5.56 Å². The lowest BCUT2D eigenvalue weighted by molar-refractivity contribution is 0.0698. The summed E-state index contributed by atoms with van der Waals surface area (Å²) in [7, 11) is -4.39. The number of carboxylic acid groups (broad SMARTS) is 1. The molecule has 0 aliphatic rings. The lowest BCUT2D eigenvalue weighted by Gasteiger charge is -2.15. The molecule has 0 aliphatic heterocycles. The van der Waals surface area contributed by atoms with Crippen LogP contribution >= 0.6 is 0 Å². The number of nitrogens with one attached hydrogen (secondary N) is 1. The molecule has 3 aromatic carbocycles. The minimum atomic E-state index is -4.39. The van der Waals surface area contributed by atoms with Crippen LogP contribution in [0.3, 0.4) is 0 Å². The maximum Gasteiger partial charge on any atom is 0.337 e. The van der Waals surface area contributed by atoms with Gasteiger partial charge in [0.15, 0.2) is 0 Å². The maximum absolute atomic E-state index is 13.3. The molecule has 0 spiro atoms. The van der Waals surface area contributed by atoms with Gasteiger partial charge < -0.3 is 9.84 Å². The van der Waals surface area contributed by atoms with Crippen LogP contribution in [0.5, 0.6) is 5.75 Å².